The molecule has 7 aromatic carbocycles. The van der Waals surface area contributed by atoms with Crippen molar-refractivity contribution >= 4 is 228 Å². The summed E-state index contributed by atoms with van der Waals surface area (Å²) in [6.45, 7) is 7.30. The molecule has 53 heteroatoms. The molecule has 128 heavy (non-hydrogen) atoms. The van der Waals surface area contributed by atoms with E-state index >= 15 is 0 Å². The Morgan fingerprint density at radius 1 is 0.383 bits per heavy atom. The maximum absolute atomic E-state index is 12.3. The van der Waals surface area contributed by atoms with Crippen molar-refractivity contribution in [2.24, 2.45) is 36.0 Å². The molecule has 15 rings (SSSR count). The van der Waals surface area contributed by atoms with Crippen molar-refractivity contribution < 1.29 is 132 Å². The van der Waals surface area contributed by atoms with Crippen LogP contribution in [0, 0.1) is 20.8 Å². The van der Waals surface area contributed by atoms with Gasteiger partial charge in [-0.25, -0.2) is 4.79 Å². The summed E-state index contributed by atoms with van der Waals surface area (Å²) >= 11 is 8.99. The van der Waals surface area contributed by atoms with E-state index in [2.05, 4.69) is 50.4 Å². The zero-order chi connectivity index (χ0) is 93.8. The van der Waals surface area contributed by atoms with Gasteiger partial charge >= 0.3 is 107 Å². The minimum Gasteiger partial charge on any atom is -0.872 e. The Kier molecular flexibility index (Phi) is 35.4. The first-order valence-electron chi connectivity index (χ1n) is 35.6. The van der Waals surface area contributed by atoms with E-state index < -0.39 is 83.6 Å². The normalized spacial score (nSPS) is 12.4. The third kappa shape index (κ3) is 31.7. The monoisotopic (exact) mass is 2080 g/mol. The van der Waals surface area contributed by atoms with Crippen molar-refractivity contribution in [1.82, 2.24) is 0 Å². The quantitative estimate of drug-likeness (QED) is 0.0462. The van der Waals surface area contributed by atoms with E-state index in [9.17, 15) is 103 Å². The number of phenols is 1. The maximum atomic E-state index is 12.3. The average Bonchev–Trinajstić information content (AvgIpc) is 1.08. The molecule has 15 N–H and O–H groups in total. The van der Waals surface area contributed by atoms with Gasteiger partial charge in [-0.05, 0) is 270 Å². The Labute approximate surface area is 782 Å². The molecular weight excluding hydrogens is 2010 g/mol. The number of hydrogen-bond acceptors (Lipinski definition) is 37. The van der Waals surface area contributed by atoms with E-state index in [0.29, 0.717) is 49.9 Å². The molecule has 0 radical (unpaired) electrons. The smallest absolute Gasteiger partial charge is 0.872 e. The molecule has 0 saturated carbocycles. The van der Waals surface area contributed by atoms with Crippen molar-refractivity contribution in [2.75, 3.05) is 0 Å². The number of hydrogen-bond donors (Lipinski definition) is 8. The molecule has 1 aliphatic rings. The molecule has 0 fully saturated rings. The molecule has 7 heterocycles. The Morgan fingerprint density at radius 3 is 1.27 bits per heavy atom. The van der Waals surface area contributed by atoms with Gasteiger partial charge in [0.2, 0.25) is 28.5 Å². The van der Waals surface area contributed by atoms with Crippen molar-refractivity contribution in [3.8, 4) is 51.7 Å². The second-order valence-electron chi connectivity index (χ2n) is 26.4. The first-order valence-corrected chi connectivity index (χ1v) is 51.6. The Balaban J connectivity index is 0.000000185. The summed E-state index contributed by atoms with van der Waals surface area (Å²) in [5, 5.41) is 60.1. The summed E-state index contributed by atoms with van der Waals surface area (Å²) in [4.78, 5) is 80.3. The Hall–Kier alpha value is -9.42. The Bertz CT molecular complexity index is 7830. The van der Waals surface area contributed by atoms with Crippen molar-refractivity contribution in [2.45, 2.75) is 79.1 Å². The SMILES string of the molecule is CCc1c(C)c(=O)sc2cc(OS(N)(=O)=O)ccc12.Cc1cc(=O)sc2c(O)c(OS(N)(=O)=O)ccc12.Cc1cc(=O)sc2cc(OS(N)(=O)=O)ccc12.NS(=O)(=O)Oc1cc(Br)c2ccc(=O)sc2c1.NS(=O)(=O)Oc1cc([O-])c2ccc(=O)sc2c1.NS(=O)(=O)Oc1ccc2c3c(c(=O)oc2c1)CCCCCCC3.NS(=O)(=O)Oc1ccc2ccc(=O)sc2c1.[Na+]. The summed E-state index contributed by atoms with van der Waals surface area (Å²) < 4.78 is 191. The second-order valence-corrected chi connectivity index (χ2v) is 41.5. The van der Waals surface area contributed by atoms with Crippen LogP contribution >= 0.6 is 84.0 Å². The molecule has 1 aliphatic carbocycles. The van der Waals surface area contributed by atoms with E-state index in [-0.39, 0.29) is 109 Å². The molecule has 0 saturated heterocycles. The molecule has 0 unspecified atom stereocenters. The van der Waals surface area contributed by atoms with E-state index in [1.807, 2.05) is 13.8 Å². The van der Waals surface area contributed by atoms with Crippen LogP contribution in [0.25, 0.3) is 71.5 Å². The topological polar surface area (TPSA) is 662 Å². The number of halogens is 1. The summed E-state index contributed by atoms with van der Waals surface area (Å²) in [5.74, 6) is -0.947. The molecule has 0 bridgehead atoms. The van der Waals surface area contributed by atoms with Crippen LogP contribution in [-0.4, -0.2) is 64.0 Å². The number of nitrogens with two attached hydrogens (primary N) is 7. The fourth-order valence-corrected chi connectivity index (χ4v) is 20.6. The molecule has 0 aliphatic heterocycles. The first kappa shape index (κ1) is 104. The van der Waals surface area contributed by atoms with Crippen LogP contribution in [0.3, 0.4) is 0 Å². The number of phenolic OH excluding ortho intramolecular Hbond substituents is 1. The summed E-state index contributed by atoms with van der Waals surface area (Å²) in [7, 11) is -28.7. The van der Waals surface area contributed by atoms with Gasteiger partial charge in [0, 0.05) is 55.9 Å². The number of rotatable bonds is 15. The fraction of sp³-hybridized carbons (Fsp3) is 0.160. The van der Waals surface area contributed by atoms with Gasteiger partial charge in [0.15, 0.2) is 11.5 Å². The number of fused-ring (bicyclic) bond motifs is 9. The third-order valence-corrected chi connectivity index (χ3v) is 26.1. The summed E-state index contributed by atoms with van der Waals surface area (Å²) in [5.41, 5.74) is 4.98. The van der Waals surface area contributed by atoms with Gasteiger partial charge < -0.3 is 43.9 Å². The molecular formula is C75H69BrN7NaO31S13. The van der Waals surface area contributed by atoms with E-state index in [1.54, 1.807) is 56.3 Å². The molecule has 7 aromatic heterocycles. The molecule has 0 amide bonds. The first-order chi connectivity index (χ1) is 59.0. The fourth-order valence-electron chi connectivity index (χ4n) is 12.0. The summed E-state index contributed by atoms with van der Waals surface area (Å²) in [6, 6.07) is 38.6. The van der Waals surface area contributed by atoms with Crippen molar-refractivity contribution in [3.05, 3.63) is 263 Å². The predicted molar refractivity (Wildman–Crippen MR) is 490 cm³/mol. The molecule has 38 nitrogen and oxygen atoms in total. The largest absolute Gasteiger partial charge is 1.00 e. The van der Waals surface area contributed by atoms with Gasteiger partial charge in [0.1, 0.15) is 40.1 Å². The van der Waals surface area contributed by atoms with Gasteiger partial charge in [0.25, 0.3) is 0 Å². The van der Waals surface area contributed by atoms with Gasteiger partial charge in [-0.3, -0.25) is 28.8 Å². The van der Waals surface area contributed by atoms with Crippen LogP contribution in [-0.2, 0) is 91.4 Å². The van der Waals surface area contributed by atoms with Gasteiger partial charge in [-0.15, -0.1) is 0 Å². The molecule has 0 spiro atoms. The predicted octanol–water partition coefficient (Wildman–Crippen LogP) is 5.52. The minimum atomic E-state index is -4.22. The van der Waals surface area contributed by atoms with Gasteiger partial charge in [0.05, 0.1) is 4.70 Å². The van der Waals surface area contributed by atoms with E-state index in [0.717, 1.165) is 174 Å². The molecule has 0 atom stereocenters. The Morgan fingerprint density at radius 2 is 0.750 bits per heavy atom. The van der Waals surface area contributed by atoms with Crippen LogP contribution in [0.15, 0.2) is 200 Å². The third-order valence-electron chi connectivity index (χ3n) is 16.9. The van der Waals surface area contributed by atoms with Crippen LogP contribution in [0.4, 0.5) is 0 Å². The van der Waals surface area contributed by atoms with Gasteiger partial charge in [-0.2, -0.15) is 94.9 Å². The zero-order valence-corrected chi connectivity index (χ0v) is 80.8. The second kappa shape index (κ2) is 43.5. The summed E-state index contributed by atoms with van der Waals surface area (Å²) in [6.07, 6.45) is 7.75. The van der Waals surface area contributed by atoms with Crippen molar-refractivity contribution in [3.63, 3.8) is 0 Å². The maximum Gasteiger partial charge on any atom is 1.00 e. The van der Waals surface area contributed by atoms with E-state index in [1.165, 1.54) is 116 Å². The van der Waals surface area contributed by atoms with Gasteiger partial charge in [-0.1, -0.05) is 100.0 Å². The average molecular weight is 2080 g/mol. The van der Waals surface area contributed by atoms with Crippen LogP contribution in [0.1, 0.15) is 72.4 Å². The van der Waals surface area contributed by atoms with Crippen LogP contribution in [0.2, 0.25) is 0 Å². The standard InChI is InChI=1S/C16H19NO5S.C12H13NO4S2.C10H9NO5S2.C10H9NO4S2.C9H6BrNO4S2.C9H7NO5S2.C9H7NO4S2.Na/c17-23(19,20)22-11-8-9-13-12-6-4-2-1-3-5-7-14(12)16(18)21-15(13)10-11;1-3-9-7(2)12(14)18-11-6-8(4-5-10(9)11)17-19(13,15)16;1-5-4-8(12)17-10-6(5)2-3-7(9(10)13)16-18(11,14)15;1-6-4-10(12)16-9-5-7(2-3-8(6)9)15-17(11,13)14;10-7-3-5(15-17(11,13)14)4-8-6(7)1-2-9(12)16-8;10-17(13,14)15-5-3-7(11)6-1-2-9(12)16-8(6)4-5;10-16(12,13)14-7-3-1-6-2-4-9(11)15-8(6)5-7;/h8-10H,1-7H2,(H2,17,19,20);4-6H,3H2,1-2H3,(H2,13,15,16);2-4,13H,1H3,(H2,11,14,15);2-5H,1H3,(H2,11,13,14);1-4H,(H2,11,13,14);1-4,11H,(H2,10,13,14);1-5H,(H2,10,12,13);/q;;;;;;;+1/p-1. The number of aryl methyl sites for hydroxylation is 4. The van der Waals surface area contributed by atoms with E-state index in [4.69, 9.17) is 35.3 Å². The number of benzene rings is 7. The molecule has 676 valence electrons. The van der Waals surface area contributed by atoms with Crippen LogP contribution < -0.4 is 134 Å². The minimum absolute atomic E-state index is 0. The molecule has 14 aromatic rings. The number of aromatic hydroxyl groups is 1. The zero-order valence-electron chi connectivity index (χ0n) is 66.6. The van der Waals surface area contributed by atoms with Crippen molar-refractivity contribution in [1.29, 1.82) is 0 Å². The van der Waals surface area contributed by atoms with Crippen LogP contribution in [0.5, 0.6) is 51.7 Å².